The van der Waals surface area contributed by atoms with Crippen LogP contribution in [-0.4, -0.2) is 34.1 Å². The minimum absolute atomic E-state index is 0.0220. The quantitative estimate of drug-likeness (QED) is 0.376. The first-order chi connectivity index (χ1) is 14.9. The van der Waals surface area contributed by atoms with Crippen molar-refractivity contribution in [1.29, 1.82) is 0 Å². The van der Waals surface area contributed by atoms with Gasteiger partial charge in [0.15, 0.2) is 0 Å². The standard InChI is InChI=1S/C24H14O7/c25-21(26)17-9-11-19(15-7-3-1-5-13(15)17)23(29)31-24(30)20-12-10-18(22(27)28)14-6-2-4-8-16(14)20/h1-12H,(H,25,26)(H,27,28). The molecule has 4 aromatic carbocycles. The fourth-order valence-corrected chi connectivity index (χ4v) is 3.52. The third-order valence-corrected chi connectivity index (χ3v) is 4.93. The number of benzene rings is 4. The first-order valence-electron chi connectivity index (χ1n) is 9.15. The van der Waals surface area contributed by atoms with E-state index in [2.05, 4.69) is 0 Å². The van der Waals surface area contributed by atoms with Crippen LogP contribution in [0.3, 0.4) is 0 Å². The fraction of sp³-hybridized carbons (Fsp3) is 0. The van der Waals surface area contributed by atoms with Gasteiger partial charge in [-0.15, -0.1) is 0 Å². The summed E-state index contributed by atoms with van der Waals surface area (Å²) in [6.07, 6.45) is 0. The first kappa shape index (κ1) is 19.8. The molecule has 0 aliphatic rings. The van der Waals surface area contributed by atoms with Crippen molar-refractivity contribution in [1.82, 2.24) is 0 Å². The summed E-state index contributed by atoms with van der Waals surface area (Å²) in [5.74, 6) is -4.16. The highest BCUT2D eigenvalue weighted by atomic mass is 16.6. The van der Waals surface area contributed by atoms with Crippen molar-refractivity contribution >= 4 is 45.4 Å². The molecule has 0 aliphatic carbocycles. The largest absolute Gasteiger partial charge is 0.478 e. The molecular formula is C24H14O7. The molecule has 0 amide bonds. The van der Waals surface area contributed by atoms with Gasteiger partial charge < -0.3 is 14.9 Å². The second-order valence-electron chi connectivity index (χ2n) is 6.70. The van der Waals surface area contributed by atoms with Gasteiger partial charge in [-0.25, -0.2) is 19.2 Å². The van der Waals surface area contributed by atoms with E-state index in [-0.39, 0.29) is 22.3 Å². The lowest BCUT2D eigenvalue weighted by atomic mass is 9.99. The second-order valence-corrected chi connectivity index (χ2v) is 6.70. The van der Waals surface area contributed by atoms with E-state index in [0.717, 1.165) is 0 Å². The number of hydrogen-bond donors (Lipinski definition) is 2. The Morgan fingerprint density at radius 2 is 0.774 bits per heavy atom. The molecule has 0 saturated carbocycles. The zero-order valence-corrected chi connectivity index (χ0v) is 15.9. The van der Waals surface area contributed by atoms with Crippen LogP contribution in [0.2, 0.25) is 0 Å². The maximum absolute atomic E-state index is 12.8. The molecule has 0 unspecified atom stereocenters. The Kier molecular flexibility index (Phi) is 4.92. The zero-order chi connectivity index (χ0) is 22.1. The summed E-state index contributed by atoms with van der Waals surface area (Å²) in [5.41, 5.74) is 0.128. The first-order valence-corrected chi connectivity index (χ1v) is 9.15. The minimum Gasteiger partial charge on any atom is -0.478 e. The van der Waals surface area contributed by atoms with Crippen molar-refractivity contribution in [3.8, 4) is 0 Å². The average molecular weight is 414 g/mol. The molecule has 0 aliphatic heterocycles. The number of carbonyl (C=O) groups is 4. The SMILES string of the molecule is O=C(O)c1ccc(C(=O)OC(=O)c2ccc(C(=O)O)c3ccccc23)c2ccccc12. The van der Waals surface area contributed by atoms with Gasteiger partial charge in [0.2, 0.25) is 0 Å². The van der Waals surface area contributed by atoms with Gasteiger partial charge in [-0.05, 0) is 45.8 Å². The van der Waals surface area contributed by atoms with Crippen LogP contribution in [0, 0.1) is 0 Å². The number of carboxylic acids is 2. The Morgan fingerprint density at radius 3 is 1.10 bits per heavy atom. The highest BCUT2D eigenvalue weighted by molar-refractivity contribution is 6.16. The van der Waals surface area contributed by atoms with Crippen molar-refractivity contribution in [3.63, 3.8) is 0 Å². The lowest BCUT2D eigenvalue weighted by Gasteiger charge is -2.10. The molecule has 0 atom stereocenters. The molecule has 0 fully saturated rings. The summed E-state index contributed by atoms with van der Waals surface area (Å²) in [6.45, 7) is 0. The molecule has 0 heterocycles. The van der Waals surface area contributed by atoms with E-state index in [0.29, 0.717) is 21.5 Å². The molecule has 2 N–H and O–H groups in total. The normalized spacial score (nSPS) is 10.7. The zero-order valence-electron chi connectivity index (χ0n) is 15.9. The molecule has 7 heteroatoms. The molecule has 0 saturated heterocycles. The molecule has 4 aromatic rings. The van der Waals surface area contributed by atoms with Gasteiger partial charge in [-0.1, -0.05) is 48.5 Å². The topological polar surface area (TPSA) is 118 Å². The van der Waals surface area contributed by atoms with Gasteiger partial charge in [0.25, 0.3) is 0 Å². The maximum Gasteiger partial charge on any atom is 0.346 e. The van der Waals surface area contributed by atoms with Gasteiger partial charge >= 0.3 is 23.9 Å². The number of ether oxygens (including phenoxy) is 1. The third-order valence-electron chi connectivity index (χ3n) is 4.93. The Hall–Kier alpha value is -4.52. The molecule has 0 radical (unpaired) electrons. The smallest absolute Gasteiger partial charge is 0.346 e. The van der Waals surface area contributed by atoms with Crippen LogP contribution >= 0.6 is 0 Å². The van der Waals surface area contributed by atoms with Crippen LogP contribution in [0.4, 0.5) is 0 Å². The van der Waals surface area contributed by atoms with Gasteiger partial charge in [0.1, 0.15) is 0 Å². The summed E-state index contributed by atoms with van der Waals surface area (Å²) in [5, 5.41) is 20.1. The van der Waals surface area contributed by atoms with Crippen molar-refractivity contribution < 1.29 is 34.1 Å². The molecule has 31 heavy (non-hydrogen) atoms. The van der Waals surface area contributed by atoms with Crippen LogP contribution in [0.25, 0.3) is 21.5 Å². The van der Waals surface area contributed by atoms with Crippen LogP contribution in [0.1, 0.15) is 41.4 Å². The lowest BCUT2D eigenvalue weighted by molar-refractivity contribution is 0.0399. The minimum atomic E-state index is -1.14. The van der Waals surface area contributed by atoms with Crippen LogP contribution in [-0.2, 0) is 4.74 Å². The Balaban J connectivity index is 1.73. The predicted octanol–water partition coefficient (Wildman–Crippen LogP) is 4.39. The molecule has 7 nitrogen and oxygen atoms in total. The van der Waals surface area contributed by atoms with E-state index in [1.165, 1.54) is 24.3 Å². The third kappa shape index (κ3) is 3.49. The molecular weight excluding hydrogens is 400 g/mol. The van der Waals surface area contributed by atoms with E-state index < -0.39 is 23.9 Å². The van der Waals surface area contributed by atoms with E-state index >= 15 is 0 Å². The van der Waals surface area contributed by atoms with Gasteiger partial charge in [-0.3, -0.25) is 0 Å². The monoisotopic (exact) mass is 414 g/mol. The highest BCUT2D eigenvalue weighted by Crippen LogP contribution is 2.26. The number of rotatable bonds is 4. The van der Waals surface area contributed by atoms with Crippen LogP contribution in [0.15, 0.2) is 72.8 Å². The van der Waals surface area contributed by atoms with Crippen LogP contribution < -0.4 is 0 Å². The number of carboxylic acid groups (broad SMARTS) is 2. The summed E-state index contributed by atoms with van der Waals surface area (Å²) >= 11 is 0. The van der Waals surface area contributed by atoms with E-state index in [4.69, 9.17) is 4.74 Å². The van der Waals surface area contributed by atoms with E-state index in [1.54, 1.807) is 48.5 Å². The van der Waals surface area contributed by atoms with Crippen molar-refractivity contribution in [2.24, 2.45) is 0 Å². The predicted molar refractivity (Wildman–Crippen MR) is 112 cm³/mol. The summed E-state index contributed by atoms with van der Waals surface area (Å²) < 4.78 is 5.07. The lowest BCUT2D eigenvalue weighted by Crippen LogP contribution is -2.14. The van der Waals surface area contributed by atoms with Gasteiger partial charge in [0, 0.05) is 0 Å². The summed E-state index contributed by atoms with van der Waals surface area (Å²) in [4.78, 5) is 48.4. The number of carbonyl (C=O) groups excluding carboxylic acids is 2. The summed E-state index contributed by atoms with van der Waals surface area (Å²) in [6, 6.07) is 18.0. The Labute approximate surface area is 175 Å². The highest BCUT2D eigenvalue weighted by Gasteiger charge is 2.22. The summed E-state index contributed by atoms with van der Waals surface area (Å²) in [7, 11) is 0. The van der Waals surface area contributed by atoms with E-state index in [9.17, 15) is 29.4 Å². The number of fused-ring (bicyclic) bond motifs is 2. The maximum atomic E-state index is 12.8. The second kappa shape index (κ2) is 7.72. The van der Waals surface area contributed by atoms with Crippen molar-refractivity contribution in [2.75, 3.05) is 0 Å². The number of hydrogen-bond acceptors (Lipinski definition) is 5. The molecule has 0 aromatic heterocycles. The van der Waals surface area contributed by atoms with Gasteiger partial charge in [0.05, 0.1) is 22.3 Å². The van der Waals surface area contributed by atoms with E-state index in [1.807, 2.05) is 0 Å². The molecule has 4 rings (SSSR count). The van der Waals surface area contributed by atoms with Gasteiger partial charge in [-0.2, -0.15) is 0 Å². The average Bonchev–Trinajstić information content (AvgIpc) is 2.77. The van der Waals surface area contributed by atoms with Crippen molar-refractivity contribution in [2.45, 2.75) is 0 Å². The molecule has 0 spiro atoms. The van der Waals surface area contributed by atoms with Crippen LogP contribution in [0.5, 0.6) is 0 Å². The molecule has 0 bridgehead atoms. The van der Waals surface area contributed by atoms with Crippen molar-refractivity contribution in [3.05, 3.63) is 95.1 Å². The number of esters is 2. The Morgan fingerprint density at radius 1 is 0.484 bits per heavy atom. The molecule has 152 valence electrons. The number of aromatic carboxylic acids is 2. The Bertz CT molecular complexity index is 1290. The fourth-order valence-electron chi connectivity index (χ4n) is 3.52.